The molecule has 1 atom stereocenters. The van der Waals surface area contributed by atoms with E-state index in [0.29, 0.717) is 26.3 Å². The van der Waals surface area contributed by atoms with Gasteiger partial charge in [0.15, 0.2) is 0 Å². The molecule has 0 aromatic rings. The van der Waals surface area contributed by atoms with Crippen molar-refractivity contribution in [1.29, 1.82) is 0 Å². The first-order chi connectivity index (χ1) is 9.91. The maximum absolute atomic E-state index is 12.3. The molecule has 0 radical (unpaired) electrons. The highest BCUT2D eigenvalue weighted by Gasteiger charge is 2.40. The van der Waals surface area contributed by atoms with Gasteiger partial charge in [-0.15, -0.1) is 0 Å². The maximum Gasteiger partial charge on any atom is 0.317 e. The number of nitrogens with zero attached hydrogens (tertiary/aromatic N) is 1. The summed E-state index contributed by atoms with van der Waals surface area (Å²) in [6.45, 7) is 6.12. The molecule has 2 fully saturated rings. The van der Waals surface area contributed by atoms with Crippen molar-refractivity contribution in [3.8, 4) is 0 Å². The molecule has 0 aromatic heterocycles. The van der Waals surface area contributed by atoms with Gasteiger partial charge in [0, 0.05) is 32.3 Å². The van der Waals surface area contributed by atoms with Crippen LogP contribution < -0.4 is 5.32 Å². The Kier molecular flexibility index (Phi) is 5.08. The summed E-state index contributed by atoms with van der Waals surface area (Å²) in [5.74, 6) is -0.789. The fraction of sp³-hybridized carbons (Fsp3) is 0.867. The first-order valence-corrected chi connectivity index (χ1v) is 7.78. The van der Waals surface area contributed by atoms with Gasteiger partial charge in [0.1, 0.15) is 0 Å². The van der Waals surface area contributed by atoms with Crippen LogP contribution in [0, 0.1) is 11.3 Å². The number of hydrogen-bond donors (Lipinski definition) is 2. The fourth-order valence-electron chi connectivity index (χ4n) is 3.03. The molecular formula is C15H26N2O4. The number of carbonyl (C=O) groups is 2. The summed E-state index contributed by atoms with van der Waals surface area (Å²) >= 11 is 0. The molecular weight excluding hydrogens is 272 g/mol. The smallest absolute Gasteiger partial charge is 0.317 e. The molecule has 0 spiro atoms. The van der Waals surface area contributed by atoms with E-state index in [2.05, 4.69) is 5.32 Å². The number of hydrogen-bond acceptors (Lipinski definition) is 3. The fourth-order valence-corrected chi connectivity index (χ4v) is 3.03. The number of urea groups is 1. The van der Waals surface area contributed by atoms with Crippen molar-refractivity contribution in [2.75, 3.05) is 26.3 Å². The third-order valence-corrected chi connectivity index (χ3v) is 4.83. The van der Waals surface area contributed by atoms with Gasteiger partial charge >= 0.3 is 12.0 Å². The van der Waals surface area contributed by atoms with Gasteiger partial charge in [-0.1, -0.05) is 0 Å². The zero-order valence-corrected chi connectivity index (χ0v) is 12.9. The molecule has 1 unspecified atom stereocenters. The van der Waals surface area contributed by atoms with E-state index in [1.54, 1.807) is 18.7 Å². The highest BCUT2D eigenvalue weighted by Crippen LogP contribution is 2.34. The Morgan fingerprint density at radius 3 is 2.52 bits per heavy atom. The molecule has 6 heteroatoms. The number of rotatable bonds is 3. The van der Waals surface area contributed by atoms with Gasteiger partial charge in [-0.3, -0.25) is 4.79 Å². The molecule has 0 bridgehead atoms. The molecule has 2 heterocycles. The summed E-state index contributed by atoms with van der Waals surface area (Å²) in [4.78, 5) is 25.5. The molecule has 2 aliphatic heterocycles. The van der Waals surface area contributed by atoms with Crippen molar-refractivity contribution in [3.05, 3.63) is 0 Å². The van der Waals surface area contributed by atoms with Crippen molar-refractivity contribution in [2.45, 2.75) is 45.6 Å². The number of amides is 2. The number of nitrogens with one attached hydrogen (secondary N) is 1. The lowest BCUT2D eigenvalue weighted by molar-refractivity contribution is -0.151. The van der Waals surface area contributed by atoms with Crippen LogP contribution in [0.1, 0.15) is 39.5 Å². The van der Waals surface area contributed by atoms with Gasteiger partial charge in [-0.2, -0.15) is 0 Å². The van der Waals surface area contributed by atoms with E-state index < -0.39 is 11.4 Å². The molecule has 21 heavy (non-hydrogen) atoms. The van der Waals surface area contributed by atoms with E-state index in [0.717, 1.165) is 25.7 Å². The second-order valence-corrected chi connectivity index (χ2v) is 6.65. The van der Waals surface area contributed by atoms with Crippen molar-refractivity contribution in [3.63, 3.8) is 0 Å². The molecule has 0 aliphatic carbocycles. The normalized spacial score (nSPS) is 24.7. The van der Waals surface area contributed by atoms with Crippen LogP contribution in [0.3, 0.4) is 0 Å². The van der Waals surface area contributed by atoms with Crippen LogP contribution in [0.15, 0.2) is 0 Å². The number of aliphatic carboxylic acids is 1. The minimum Gasteiger partial charge on any atom is -0.481 e. The van der Waals surface area contributed by atoms with Crippen molar-refractivity contribution in [2.24, 2.45) is 11.3 Å². The Labute approximate surface area is 125 Å². The topological polar surface area (TPSA) is 78.9 Å². The number of piperidine rings is 1. The summed E-state index contributed by atoms with van der Waals surface area (Å²) < 4.78 is 5.28. The average Bonchev–Trinajstić information content (AvgIpc) is 2.48. The number of carboxylic acid groups (broad SMARTS) is 1. The monoisotopic (exact) mass is 298 g/mol. The number of carbonyl (C=O) groups excluding carboxylic acids is 1. The van der Waals surface area contributed by atoms with Gasteiger partial charge in [-0.25, -0.2) is 4.79 Å². The summed E-state index contributed by atoms with van der Waals surface area (Å²) in [5.41, 5.74) is -0.794. The highest BCUT2D eigenvalue weighted by molar-refractivity contribution is 5.76. The quantitative estimate of drug-likeness (QED) is 0.831. The Morgan fingerprint density at radius 1 is 1.24 bits per heavy atom. The summed E-state index contributed by atoms with van der Waals surface area (Å²) in [6, 6.07) is 0.117. The molecule has 0 aromatic carbocycles. The zero-order valence-electron chi connectivity index (χ0n) is 12.9. The van der Waals surface area contributed by atoms with E-state index >= 15 is 0 Å². The molecule has 0 saturated carbocycles. The van der Waals surface area contributed by atoms with Crippen LogP contribution in [0.5, 0.6) is 0 Å². The largest absolute Gasteiger partial charge is 0.481 e. The van der Waals surface area contributed by atoms with E-state index in [9.17, 15) is 14.7 Å². The predicted molar refractivity (Wildman–Crippen MR) is 78.1 cm³/mol. The summed E-state index contributed by atoms with van der Waals surface area (Å²) in [7, 11) is 0. The second-order valence-electron chi connectivity index (χ2n) is 6.65. The van der Waals surface area contributed by atoms with Gasteiger partial charge < -0.3 is 20.1 Å². The van der Waals surface area contributed by atoms with Gasteiger partial charge in [0.05, 0.1) is 5.41 Å². The van der Waals surface area contributed by atoms with Crippen molar-refractivity contribution < 1.29 is 19.4 Å². The van der Waals surface area contributed by atoms with Crippen LogP contribution in [0.25, 0.3) is 0 Å². The first-order valence-electron chi connectivity index (χ1n) is 7.78. The zero-order chi connectivity index (χ0) is 15.5. The van der Waals surface area contributed by atoms with Gasteiger partial charge in [0.25, 0.3) is 0 Å². The van der Waals surface area contributed by atoms with E-state index in [-0.39, 0.29) is 18.0 Å². The average molecular weight is 298 g/mol. The van der Waals surface area contributed by atoms with Crippen molar-refractivity contribution >= 4 is 12.0 Å². The third-order valence-electron chi connectivity index (χ3n) is 4.83. The Morgan fingerprint density at radius 2 is 1.90 bits per heavy atom. The van der Waals surface area contributed by atoms with Gasteiger partial charge in [-0.05, 0) is 45.4 Å². The summed E-state index contributed by atoms with van der Waals surface area (Å²) in [6.07, 6.45) is 3.43. The number of carboxylic acids is 1. The second kappa shape index (κ2) is 6.64. The van der Waals surface area contributed by atoms with Crippen molar-refractivity contribution in [1.82, 2.24) is 10.2 Å². The van der Waals surface area contributed by atoms with Gasteiger partial charge in [0.2, 0.25) is 0 Å². The van der Waals surface area contributed by atoms with Crippen LogP contribution in [-0.4, -0.2) is 54.4 Å². The van der Waals surface area contributed by atoms with E-state index in [4.69, 9.17) is 4.74 Å². The summed E-state index contributed by atoms with van der Waals surface area (Å²) in [5, 5.41) is 12.4. The molecule has 2 amide bonds. The maximum atomic E-state index is 12.3. The molecule has 6 nitrogen and oxygen atoms in total. The lowest BCUT2D eigenvalue weighted by Crippen LogP contribution is -2.52. The van der Waals surface area contributed by atoms with Crippen LogP contribution >= 0.6 is 0 Å². The molecule has 2 N–H and O–H groups in total. The number of ether oxygens (including phenoxy) is 1. The minimum absolute atomic E-state index is 0.00388. The van der Waals surface area contributed by atoms with E-state index in [1.807, 2.05) is 0 Å². The van der Waals surface area contributed by atoms with Crippen LogP contribution in [0.4, 0.5) is 4.79 Å². The van der Waals surface area contributed by atoms with E-state index in [1.165, 1.54) is 0 Å². The minimum atomic E-state index is -0.794. The number of likely N-dealkylation sites (tertiary alicyclic amines) is 1. The Balaban J connectivity index is 1.90. The standard InChI is InChI=1S/C15H26N2O4/c1-15(2,13(18)19)11-4-3-7-17(10-11)14(20)16-12-5-8-21-9-6-12/h11-12H,3-10H2,1-2H3,(H,16,20)(H,18,19). The van der Waals surface area contributed by atoms with Crippen LogP contribution in [0.2, 0.25) is 0 Å². The molecule has 120 valence electrons. The van der Waals surface area contributed by atoms with Crippen LogP contribution in [-0.2, 0) is 9.53 Å². The third kappa shape index (κ3) is 3.87. The Bertz CT molecular complexity index is 391. The predicted octanol–water partition coefficient (Wildman–Crippen LogP) is 1.70. The Hall–Kier alpha value is -1.30. The molecule has 2 aliphatic rings. The highest BCUT2D eigenvalue weighted by atomic mass is 16.5. The first kappa shape index (κ1) is 16.1. The lowest BCUT2D eigenvalue weighted by atomic mass is 9.74. The SMILES string of the molecule is CC(C)(C(=O)O)C1CCCN(C(=O)NC2CCOCC2)C1. The molecule has 2 rings (SSSR count). The molecule has 2 saturated heterocycles. The lowest BCUT2D eigenvalue weighted by Gasteiger charge is -2.39.